The van der Waals surface area contributed by atoms with E-state index in [4.69, 9.17) is 10.5 Å². The maximum absolute atomic E-state index is 6.13. The van der Waals surface area contributed by atoms with Crippen LogP contribution in [0.2, 0.25) is 0 Å². The first-order chi connectivity index (χ1) is 10.2. The van der Waals surface area contributed by atoms with Gasteiger partial charge in [0.25, 0.3) is 0 Å². The van der Waals surface area contributed by atoms with E-state index < -0.39 is 0 Å². The van der Waals surface area contributed by atoms with Crippen LogP contribution >= 0.6 is 0 Å². The van der Waals surface area contributed by atoms with Crippen LogP contribution in [-0.2, 0) is 0 Å². The average molecular weight is 290 g/mol. The highest BCUT2D eigenvalue weighted by atomic mass is 16.5. The lowest BCUT2D eigenvalue weighted by atomic mass is 9.84. The van der Waals surface area contributed by atoms with Crippen molar-refractivity contribution in [3.05, 3.63) is 6.33 Å². The third-order valence-electron chi connectivity index (χ3n) is 5.09. The molecule has 2 aliphatic carbocycles. The van der Waals surface area contributed by atoms with Gasteiger partial charge >= 0.3 is 0 Å². The minimum Gasteiger partial charge on any atom is -0.476 e. The summed E-state index contributed by atoms with van der Waals surface area (Å²) in [4.78, 5) is 8.41. The average Bonchev–Trinajstić information content (AvgIpc) is 3.11. The predicted molar refractivity (Wildman–Crippen MR) is 84.3 cm³/mol. The maximum Gasteiger partial charge on any atom is 0.242 e. The van der Waals surface area contributed by atoms with E-state index in [2.05, 4.69) is 29.1 Å². The van der Waals surface area contributed by atoms with Gasteiger partial charge in [-0.1, -0.05) is 13.3 Å². The number of aromatic nitrogens is 2. The molecule has 2 saturated carbocycles. The number of fused-ring (bicyclic) bond motifs is 2. The molecule has 21 heavy (non-hydrogen) atoms. The summed E-state index contributed by atoms with van der Waals surface area (Å²) in [7, 11) is 0. The fraction of sp³-hybridized carbons (Fsp3) is 0.750. The summed E-state index contributed by atoms with van der Waals surface area (Å²) in [6.07, 6.45) is 8.05. The Bertz CT molecular complexity index is 493. The van der Waals surface area contributed by atoms with Gasteiger partial charge in [0.1, 0.15) is 12.0 Å². The van der Waals surface area contributed by atoms with Crippen LogP contribution in [0, 0.1) is 17.8 Å². The van der Waals surface area contributed by atoms with Crippen molar-refractivity contribution in [2.24, 2.45) is 17.8 Å². The smallest absolute Gasteiger partial charge is 0.242 e. The number of nitrogens with two attached hydrogens (primary N) is 1. The SMILES string of the molecule is CCCOc1ncnc(NC(C)C2CC3CCC2C3)c1N. The molecule has 2 fully saturated rings. The normalized spacial score (nSPS) is 28.6. The Labute approximate surface area is 126 Å². The van der Waals surface area contributed by atoms with Crippen LogP contribution in [-0.4, -0.2) is 22.6 Å². The van der Waals surface area contributed by atoms with Crippen LogP contribution < -0.4 is 15.8 Å². The molecule has 5 nitrogen and oxygen atoms in total. The minimum atomic E-state index is 0.400. The second-order valence-corrected chi connectivity index (χ2v) is 6.56. The molecule has 2 bridgehead atoms. The molecule has 0 spiro atoms. The summed E-state index contributed by atoms with van der Waals surface area (Å²) in [5.74, 6) is 3.80. The quantitative estimate of drug-likeness (QED) is 0.842. The van der Waals surface area contributed by atoms with Gasteiger partial charge in [0.2, 0.25) is 5.88 Å². The van der Waals surface area contributed by atoms with Crippen LogP contribution in [0.5, 0.6) is 5.88 Å². The predicted octanol–water partition coefficient (Wildman–Crippen LogP) is 3.08. The zero-order valence-corrected chi connectivity index (χ0v) is 13.0. The first kappa shape index (κ1) is 14.4. The molecule has 0 amide bonds. The number of nitrogens with zero attached hydrogens (tertiary/aromatic N) is 2. The van der Waals surface area contributed by atoms with E-state index in [0.29, 0.717) is 30.0 Å². The van der Waals surface area contributed by atoms with Crippen molar-refractivity contribution in [3.63, 3.8) is 0 Å². The van der Waals surface area contributed by atoms with Crippen molar-refractivity contribution < 1.29 is 4.74 Å². The summed E-state index contributed by atoms with van der Waals surface area (Å²) in [5, 5.41) is 3.50. The van der Waals surface area contributed by atoms with Crippen LogP contribution in [0.15, 0.2) is 6.33 Å². The molecule has 3 rings (SSSR count). The van der Waals surface area contributed by atoms with Crippen molar-refractivity contribution in [2.75, 3.05) is 17.7 Å². The molecule has 116 valence electrons. The van der Waals surface area contributed by atoms with Crippen LogP contribution in [0.3, 0.4) is 0 Å². The summed E-state index contributed by atoms with van der Waals surface area (Å²) in [6.45, 7) is 4.94. The number of rotatable bonds is 6. The summed E-state index contributed by atoms with van der Waals surface area (Å²) in [6, 6.07) is 0.400. The van der Waals surface area contributed by atoms with Gasteiger partial charge in [-0.25, -0.2) is 4.98 Å². The van der Waals surface area contributed by atoms with Crippen molar-refractivity contribution in [2.45, 2.75) is 52.0 Å². The molecule has 0 aliphatic heterocycles. The molecule has 1 aromatic rings. The molecule has 0 aromatic carbocycles. The highest BCUT2D eigenvalue weighted by molar-refractivity contribution is 5.66. The third-order valence-corrected chi connectivity index (χ3v) is 5.09. The highest BCUT2D eigenvalue weighted by Crippen LogP contribution is 2.50. The van der Waals surface area contributed by atoms with Crippen molar-refractivity contribution >= 4 is 11.5 Å². The molecular weight excluding hydrogens is 264 g/mol. The van der Waals surface area contributed by atoms with Crippen LogP contribution in [0.25, 0.3) is 0 Å². The van der Waals surface area contributed by atoms with Crippen molar-refractivity contribution in [3.8, 4) is 5.88 Å². The lowest BCUT2D eigenvalue weighted by Crippen LogP contribution is -2.30. The van der Waals surface area contributed by atoms with E-state index >= 15 is 0 Å². The second kappa shape index (κ2) is 6.08. The number of hydrogen-bond acceptors (Lipinski definition) is 5. The molecule has 4 atom stereocenters. The first-order valence-corrected chi connectivity index (χ1v) is 8.18. The van der Waals surface area contributed by atoms with E-state index in [0.717, 1.165) is 24.2 Å². The number of hydrogen-bond donors (Lipinski definition) is 2. The Morgan fingerprint density at radius 3 is 2.90 bits per heavy atom. The lowest BCUT2D eigenvalue weighted by Gasteiger charge is -2.29. The molecule has 2 aliphatic rings. The van der Waals surface area contributed by atoms with E-state index in [-0.39, 0.29) is 0 Å². The van der Waals surface area contributed by atoms with Gasteiger partial charge in [-0.15, -0.1) is 0 Å². The highest BCUT2D eigenvalue weighted by Gasteiger charge is 2.41. The second-order valence-electron chi connectivity index (χ2n) is 6.56. The van der Waals surface area contributed by atoms with E-state index in [1.54, 1.807) is 0 Å². The van der Waals surface area contributed by atoms with Gasteiger partial charge in [0.15, 0.2) is 5.82 Å². The Hall–Kier alpha value is -1.52. The Balaban J connectivity index is 1.66. The van der Waals surface area contributed by atoms with E-state index in [1.807, 2.05) is 0 Å². The largest absolute Gasteiger partial charge is 0.476 e. The Kier molecular flexibility index (Phi) is 4.17. The van der Waals surface area contributed by atoms with Gasteiger partial charge in [-0.2, -0.15) is 4.98 Å². The van der Waals surface area contributed by atoms with Gasteiger partial charge in [0, 0.05) is 6.04 Å². The van der Waals surface area contributed by atoms with Gasteiger partial charge in [-0.3, -0.25) is 0 Å². The maximum atomic E-state index is 6.13. The topological polar surface area (TPSA) is 73.1 Å². The number of nitrogens with one attached hydrogen (secondary N) is 1. The van der Waals surface area contributed by atoms with Crippen molar-refractivity contribution in [1.82, 2.24) is 9.97 Å². The third kappa shape index (κ3) is 2.92. The lowest BCUT2D eigenvalue weighted by molar-refractivity contribution is 0.302. The Morgan fingerprint density at radius 2 is 2.24 bits per heavy atom. The van der Waals surface area contributed by atoms with Crippen LogP contribution in [0.4, 0.5) is 11.5 Å². The molecule has 0 saturated heterocycles. The number of nitrogen functional groups attached to an aromatic ring is 1. The van der Waals surface area contributed by atoms with Crippen molar-refractivity contribution in [1.29, 1.82) is 0 Å². The zero-order valence-electron chi connectivity index (χ0n) is 13.0. The molecular formula is C16H26N4O. The number of anilines is 2. The van der Waals surface area contributed by atoms with Crippen LogP contribution in [0.1, 0.15) is 46.0 Å². The molecule has 1 aromatic heterocycles. The van der Waals surface area contributed by atoms with E-state index in [1.165, 1.54) is 32.0 Å². The fourth-order valence-electron chi connectivity index (χ4n) is 4.04. The fourth-order valence-corrected chi connectivity index (χ4v) is 4.04. The van der Waals surface area contributed by atoms with Gasteiger partial charge in [-0.05, 0) is 50.4 Å². The van der Waals surface area contributed by atoms with E-state index in [9.17, 15) is 0 Å². The monoisotopic (exact) mass is 290 g/mol. The molecule has 1 heterocycles. The number of ether oxygens (including phenoxy) is 1. The summed E-state index contributed by atoms with van der Waals surface area (Å²) < 4.78 is 5.57. The summed E-state index contributed by atoms with van der Waals surface area (Å²) >= 11 is 0. The molecule has 3 N–H and O–H groups in total. The molecule has 5 heteroatoms. The minimum absolute atomic E-state index is 0.400. The standard InChI is InChI=1S/C16H26N4O/c1-3-6-21-16-14(17)15(18-9-19-16)20-10(2)13-8-11-4-5-12(13)7-11/h9-13H,3-8,17H2,1-2H3,(H,18,19,20). The molecule has 0 radical (unpaired) electrons. The van der Waals surface area contributed by atoms with Gasteiger partial charge < -0.3 is 15.8 Å². The summed E-state index contributed by atoms with van der Waals surface area (Å²) in [5.41, 5.74) is 6.66. The molecule has 4 unspecified atom stereocenters. The van der Waals surface area contributed by atoms with Gasteiger partial charge in [0.05, 0.1) is 6.61 Å². The first-order valence-electron chi connectivity index (χ1n) is 8.18. The Morgan fingerprint density at radius 1 is 1.38 bits per heavy atom. The zero-order chi connectivity index (χ0) is 14.8.